The van der Waals surface area contributed by atoms with Crippen molar-refractivity contribution >= 4 is 71.1 Å². The Morgan fingerprint density at radius 1 is 1.36 bits per heavy atom. The van der Waals surface area contributed by atoms with Crippen molar-refractivity contribution in [3.63, 3.8) is 0 Å². The maximum absolute atomic E-state index is 10.3. The second-order valence-corrected chi connectivity index (χ2v) is 1.44. The van der Waals surface area contributed by atoms with Crippen molar-refractivity contribution in [1.29, 1.82) is 0 Å². The molecule has 6 heteroatoms. The molecule has 0 aliphatic rings. The van der Waals surface area contributed by atoms with E-state index < -0.39 is 11.9 Å². The van der Waals surface area contributed by atoms with E-state index in [2.05, 4.69) is 4.74 Å². The summed E-state index contributed by atoms with van der Waals surface area (Å²) in [6.07, 6.45) is -0.125. The number of hydrogen-bond donors (Lipinski definition) is 1. The Kier molecular flexibility index (Phi) is 18.2. The standard InChI is InChI=1S/C5H8O4.2Na.2H/c1-4(7)9-5(8)2-3-6;;;;/h6H,2-3H2,1H3;;;;. The normalized spacial score (nSPS) is 7.09. The van der Waals surface area contributed by atoms with Gasteiger partial charge in [0.15, 0.2) is 0 Å². The zero-order valence-electron chi connectivity index (χ0n) is 5.09. The molecule has 0 fully saturated rings. The molecule has 0 aromatic heterocycles. The van der Waals surface area contributed by atoms with Crippen LogP contribution in [0.5, 0.6) is 0 Å². The van der Waals surface area contributed by atoms with Gasteiger partial charge in [0.2, 0.25) is 0 Å². The molecule has 1 N–H and O–H groups in total. The van der Waals surface area contributed by atoms with Gasteiger partial charge in [0.05, 0.1) is 13.0 Å². The van der Waals surface area contributed by atoms with E-state index in [9.17, 15) is 9.59 Å². The molecule has 0 aliphatic heterocycles. The van der Waals surface area contributed by atoms with Crippen LogP contribution >= 0.6 is 0 Å². The van der Waals surface area contributed by atoms with Crippen LogP contribution in [-0.2, 0) is 14.3 Å². The molecule has 0 radical (unpaired) electrons. The number of aliphatic hydroxyl groups is 1. The summed E-state index contributed by atoms with van der Waals surface area (Å²) < 4.78 is 4.05. The fraction of sp³-hybridized carbons (Fsp3) is 0.600. The first-order valence-electron chi connectivity index (χ1n) is 2.49. The van der Waals surface area contributed by atoms with Crippen molar-refractivity contribution < 1.29 is 19.4 Å². The van der Waals surface area contributed by atoms with E-state index in [0.717, 1.165) is 6.92 Å². The fourth-order valence-corrected chi connectivity index (χ4v) is 0.303. The third kappa shape index (κ3) is 14.0. The molecule has 11 heavy (non-hydrogen) atoms. The Morgan fingerprint density at radius 3 is 2.09 bits per heavy atom. The quantitative estimate of drug-likeness (QED) is 0.308. The van der Waals surface area contributed by atoms with Crippen LogP contribution in [0.3, 0.4) is 0 Å². The predicted molar refractivity (Wildman–Crippen MR) is 42.8 cm³/mol. The van der Waals surface area contributed by atoms with Crippen LogP contribution in [0.25, 0.3) is 0 Å². The molecule has 0 aromatic rings. The van der Waals surface area contributed by atoms with Crippen LogP contribution < -0.4 is 0 Å². The summed E-state index contributed by atoms with van der Waals surface area (Å²) in [7, 11) is 0. The van der Waals surface area contributed by atoms with E-state index in [-0.39, 0.29) is 72.1 Å². The van der Waals surface area contributed by atoms with Crippen molar-refractivity contribution in [3.8, 4) is 0 Å². The number of esters is 2. The van der Waals surface area contributed by atoms with Crippen LogP contribution in [0, 0.1) is 0 Å². The molecular weight excluding hydrogens is 170 g/mol. The monoisotopic (exact) mass is 180 g/mol. The van der Waals surface area contributed by atoms with Gasteiger partial charge in [-0.05, 0) is 0 Å². The van der Waals surface area contributed by atoms with E-state index >= 15 is 0 Å². The van der Waals surface area contributed by atoms with E-state index in [1.807, 2.05) is 0 Å². The van der Waals surface area contributed by atoms with Crippen molar-refractivity contribution in [2.75, 3.05) is 6.61 Å². The van der Waals surface area contributed by atoms with E-state index in [1.165, 1.54) is 0 Å². The van der Waals surface area contributed by atoms with Gasteiger partial charge in [-0.1, -0.05) is 0 Å². The van der Waals surface area contributed by atoms with Crippen LogP contribution in [0.15, 0.2) is 0 Å². The molecule has 0 saturated carbocycles. The topological polar surface area (TPSA) is 63.6 Å². The summed E-state index contributed by atoms with van der Waals surface area (Å²) in [5.41, 5.74) is 0. The molecule has 0 aliphatic carbocycles. The molecular formula is C5H10Na2O4. The zero-order valence-corrected chi connectivity index (χ0v) is 5.09. The fourth-order valence-electron chi connectivity index (χ4n) is 0.303. The van der Waals surface area contributed by atoms with Gasteiger partial charge in [0.1, 0.15) is 0 Å². The SMILES string of the molecule is CC(=O)OC(=O)CCO.[NaH].[NaH]. The molecule has 0 atom stereocenters. The van der Waals surface area contributed by atoms with Gasteiger partial charge in [-0.15, -0.1) is 0 Å². The minimum absolute atomic E-state index is 0. The Labute approximate surface area is 109 Å². The Balaban J connectivity index is -0.000000320. The molecule has 0 aromatic carbocycles. The van der Waals surface area contributed by atoms with Crippen molar-refractivity contribution in [1.82, 2.24) is 0 Å². The average molecular weight is 180 g/mol. The summed E-state index contributed by atoms with van der Waals surface area (Å²) in [6, 6.07) is 0. The predicted octanol–water partition coefficient (Wildman–Crippen LogP) is -1.84. The summed E-state index contributed by atoms with van der Waals surface area (Å²) in [6.45, 7) is 0.849. The molecule has 0 rings (SSSR count). The molecule has 0 amide bonds. The van der Waals surface area contributed by atoms with E-state index in [0.29, 0.717) is 0 Å². The molecule has 0 unspecified atom stereocenters. The van der Waals surface area contributed by atoms with Crippen LogP contribution in [0.2, 0.25) is 0 Å². The number of hydrogen-bond acceptors (Lipinski definition) is 4. The van der Waals surface area contributed by atoms with Crippen molar-refractivity contribution in [2.45, 2.75) is 13.3 Å². The molecule has 4 nitrogen and oxygen atoms in total. The van der Waals surface area contributed by atoms with Gasteiger partial charge in [0, 0.05) is 6.92 Å². The molecule has 0 heterocycles. The maximum atomic E-state index is 10.3. The molecule has 0 bridgehead atoms. The van der Waals surface area contributed by atoms with Crippen LogP contribution in [0.4, 0.5) is 0 Å². The molecule has 56 valence electrons. The van der Waals surface area contributed by atoms with Gasteiger partial charge in [-0.3, -0.25) is 9.59 Å². The second kappa shape index (κ2) is 11.1. The van der Waals surface area contributed by atoms with E-state index in [1.54, 1.807) is 0 Å². The Hall–Kier alpha value is 1.10. The third-order valence-corrected chi connectivity index (χ3v) is 0.573. The van der Waals surface area contributed by atoms with Crippen molar-refractivity contribution in [3.05, 3.63) is 0 Å². The Morgan fingerprint density at radius 2 is 1.82 bits per heavy atom. The van der Waals surface area contributed by atoms with Gasteiger partial charge in [-0.2, -0.15) is 0 Å². The summed E-state index contributed by atoms with van der Waals surface area (Å²) in [5, 5.41) is 8.14. The number of carbonyl (C=O) groups excluding carboxylic acids is 2. The zero-order chi connectivity index (χ0) is 7.28. The number of aliphatic hydroxyl groups excluding tert-OH is 1. The summed E-state index contributed by atoms with van der Waals surface area (Å²) in [4.78, 5) is 20.3. The van der Waals surface area contributed by atoms with Crippen LogP contribution in [0.1, 0.15) is 13.3 Å². The van der Waals surface area contributed by atoms with Gasteiger partial charge in [-0.25, -0.2) is 0 Å². The Bertz CT molecular complexity index is 126. The number of ether oxygens (including phenoxy) is 1. The first-order chi connectivity index (χ1) is 4.16. The first kappa shape index (κ1) is 18.0. The second-order valence-electron chi connectivity index (χ2n) is 1.44. The molecule has 0 saturated heterocycles. The van der Waals surface area contributed by atoms with Crippen LogP contribution in [-0.4, -0.2) is 82.8 Å². The first-order valence-corrected chi connectivity index (χ1v) is 2.49. The minimum atomic E-state index is -0.690. The van der Waals surface area contributed by atoms with Gasteiger partial charge >= 0.3 is 71.1 Å². The third-order valence-electron chi connectivity index (χ3n) is 0.573. The van der Waals surface area contributed by atoms with Gasteiger partial charge < -0.3 is 9.84 Å². The van der Waals surface area contributed by atoms with Gasteiger partial charge in [0.25, 0.3) is 0 Å². The van der Waals surface area contributed by atoms with Crippen molar-refractivity contribution in [2.24, 2.45) is 0 Å². The summed E-state index contributed by atoms with van der Waals surface area (Å²) >= 11 is 0. The molecule has 0 spiro atoms. The number of rotatable bonds is 2. The average Bonchev–Trinajstić information content (AvgIpc) is 1.63. The number of carbonyl (C=O) groups is 2. The van der Waals surface area contributed by atoms with E-state index in [4.69, 9.17) is 5.11 Å². The summed E-state index contributed by atoms with van der Waals surface area (Å²) in [5.74, 6) is -1.33.